The standard InChI is InChI=1S/C16H23FN2/c17-15-5-3-4-14(12-15)13-18-8-10-19(11-9-18)16-6-1-2-7-16/h3-5,12,16H,1-2,6-11,13H2/p+2. The smallest absolute Gasteiger partial charge is 0.127 e. The normalized spacial score (nSPS) is 28.7. The van der Waals surface area contributed by atoms with E-state index < -0.39 is 0 Å². The lowest BCUT2D eigenvalue weighted by molar-refractivity contribution is -1.03. The zero-order valence-electron chi connectivity index (χ0n) is 11.6. The van der Waals surface area contributed by atoms with E-state index in [1.165, 1.54) is 57.9 Å². The topological polar surface area (TPSA) is 8.88 Å². The maximum atomic E-state index is 13.2. The van der Waals surface area contributed by atoms with E-state index in [-0.39, 0.29) is 5.82 Å². The van der Waals surface area contributed by atoms with Crippen molar-refractivity contribution in [1.82, 2.24) is 0 Å². The summed E-state index contributed by atoms with van der Waals surface area (Å²) in [5, 5.41) is 0. The van der Waals surface area contributed by atoms with Crippen LogP contribution in [0.5, 0.6) is 0 Å². The zero-order valence-corrected chi connectivity index (χ0v) is 11.6. The van der Waals surface area contributed by atoms with Gasteiger partial charge in [-0.2, -0.15) is 0 Å². The number of piperazine rings is 1. The molecule has 0 spiro atoms. The van der Waals surface area contributed by atoms with E-state index in [1.54, 1.807) is 11.0 Å². The van der Waals surface area contributed by atoms with Gasteiger partial charge in [-0.3, -0.25) is 0 Å². The number of quaternary nitrogens is 2. The van der Waals surface area contributed by atoms with Crippen molar-refractivity contribution < 1.29 is 14.2 Å². The van der Waals surface area contributed by atoms with Crippen molar-refractivity contribution in [2.45, 2.75) is 38.3 Å². The molecule has 1 saturated heterocycles. The first-order valence-corrected chi connectivity index (χ1v) is 7.74. The lowest BCUT2D eigenvalue weighted by atomic mass is 10.1. The van der Waals surface area contributed by atoms with E-state index in [1.807, 2.05) is 17.0 Å². The molecule has 2 fully saturated rings. The predicted molar refractivity (Wildman–Crippen MR) is 73.8 cm³/mol. The lowest BCUT2D eigenvalue weighted by Gasteiger charge is -2.33. The van der Waals surface area contributed by atoms with Gasteiger partial charge in [0, 0.05) is 5.56 Å². The van der Waals surface area contributed by atoms with E-state index in [0.717, 1.165) is 18.2 Å². The van der Waals surface area contributed by atoms with Crippen LogP contribution in [0.15, 0.2) is 24.3 Å². The highest BCUT2D eigenvalue weighted by molar-refractivity contribution is 5.14. The predicted octanol–water partition coefficient (Wildman–Crippen LogP) is 0.0517. The van der Waals surface area contributed by atoms with Gasteiger partial charge in [0.25, 0.3) is 0 Å². The molecule has 2 nitrogen and oxygen atoms in total. The van der Waals surface area contributed by atoms with Gasteiger partial charge in [0.15, 0.2) is 0 Å². The Bertz CT molecular complexity index is 407. The molecule has 3 heteroatoms. The first kappa shape index (κ1) is 13.1. The van der Waals surface area contributed by atoms with Gasteiger partial charge in [0.2, 0.25) is 0 Å². The molecule has 1 aromatic carbocycles. The van der Waals surface area contributed by atoms with Crippen molar-refractivity contribution in [2.75, 3.05) is 26.2 Å². The molecule has 0 aromatic heterocycles. The maximum Gasteiger partial charge on any atom is 0.127 e. The van der Waals surface area contributed by atoms with Crippen LogP contribution in [0.2, 0.25) is 0 Å². The van der Waals surface area contributed by atoms with Gasteiger partial charge in [-0.15, -0.1) is 0 Å². The van der Waals surface area contributed by atoms with Gasteiger partial charge in [0.05, 0.1) is 6.04 Å². The molecule has 1 aliphatic carbocycles. The van der Waals surface area contributed by atoms with Gasteiger partial charge < -0.3 is 9.80 Å². The second-order valence-electron chi connectivity index (χ2n) is 6.20. The van der Waals surface area contributed by atoms with Crippen LogP contribution in [0, 0.1) is 5.82 Å². The third-order valence-corrected chi connectivity index (χ3v) is 4.88. The van der Waals surface area contributed by atoms with Crippen LogP contribution in [0.4, 0.5) is 4.39 Å². The minimum atomic E-state index is -0.105. The largest absolute Gasteiger partial charge is 0.323 e. The fourth-order valence-corrected chi connectivity index (χ4v) is 3.78. The Kier molecular flexibility index (Phi) is 4.14. The quantitative estimate of drug-likeness (QED) is 0.763. The molecule has 0 radical (unpaired) electrons. The first-order chi connectivity index (χ1) is 9.31. The number of halogens is 1. The Morgan fingerprint density at radius 3 is 2.47 bits per heavy atom. The summed E-state index contributed by atoms with van der Waals surface area (Å²) in [6.45, 7) is 6.06. The molecule has 0 atom stereocenters. The molecule has 1 aliphatic heterocycles. The number of rotatable bonds is 3. The Morgan fingerprint density at radius 2 is 1.79 bits per heavy atom. The molecule has 1 heterocycles. The van der Waals surface area contributed by atoms with Gasteiger partial charge in [-0.25, -0.2) is 4.39 Å². The van der Waals surface area contributed by atoms with E-state index in [9.17, 15) is 4.39 Å². The highest BCUT2D eigenvalue weighted by atomic mass is 19.1. The van der Waals surface area contributed by atoms with Crippen LogP contribution in [-0.2, 0) is 6.54 Å². The third kappa shape index (κ3) is 3.34. The summed E-state index contributed by atoms with van der Waals surface area (Å²) in [5.41, 5.74) is 1.14. The molecule has 0 unspecified atom stereocenters. The van der Waals surface area contributed by atoms with Crippen LogP contribution in [0.3, 0.4) is 0 Å². The monoisotopic (exact) mass is 264 g/mol. The fraction of sp³-hybridized carbons (Fsp3) is 0.625. The Balaban J connectivity index is 1.50. The molecule has 1 aromatic rings. The van der Waals surface area contributed by atoms with Crippen LogP contribution < -0.4 is 9.80 Å². The molecule has 104 valence electrons. The molecule has 19 heavy (non-hydrogen) atoms. The molecule has 2 N–H and O–H groups in total. The number of nitrogens with one attached hydrogen (secondary N) is 2. The van der Waals surface area contributed by atoms with Crippen molar-refractivity contribution in [3.05, 3.63) is 35.6 Å². The minimum Gasteiger partial charge on any atom is -0.323 e. The minimum absolute atomic E-state index is 0.105. The Hall–Kier alpha value is -0.930. The van der Waals surface area contributed by atoms with Crippen molar-refractivity contribution in [1.29, 1.82) is 0 Å². The molecular formula is C16H25FN2+2. The lowest BCUT2D eigenvalue weighted by Crippen LogP contribution is -3.29. The first-order valence-electron chi connectivity index (χ1n) is 7.74. The van der Waals surface area contributed by atoms with E-state index >= 15 is 0 Å². The summed E-state index contributed by atoms with van der Waals surface area (Å²) >= 11 is 0. The Morgan fingerprint density at radius 1 is 1.05 bits per heavy atom. The SMILES string of the molecule is Fc1cccc(C[NH+]2CC[NH+](C3CCCC3)CC2)c1. The molecular weight excluding hydrogens is 239 g/mol. The van der Waals surface area contributed by atoms with Crippen LogP contribution >= 0.6 is 0 Å². The van der Waals surface area contributed by atoms with Crippen LogP contribution in [0.1, 0.15) is 31.2 Å². The number of hydrogen-bond acceptors (Lipinski definition) is 0. The summed E-state index contributed by atoms with van der Waals surface area (Å²) < 4.78 is 13.2. The maximum absolute atomic E-state index is 13.2. The van der Waals surface area contributed by atoms with Gasteiger partial charge >= 0.3 is 0 Å². The summed E-state index contributed by atoms with van der Waals surface area (Å²) in [4.78, 5) is 3.45. The summed E-state index contributed by atoms with van der Waals surface area (Å²) in [5.74, 6) is -0.105. The van der Waals surface area contributed by atoms with Gasteiger partial charge in [0.1, 0.15) is 38.5 Å². The molecule has 0 bridgehead atoms. The average Bonchev–Trinajstić information content (AvgIpc) is 2.94. The molecule has 2 aliphatic rings. The second-order valence-corrected chi connectivity index (χ2v) is 6.20. The molecule has 3 rings (SSSR count). The summed E-state index contributed by atoms with van der Waals surface area (Å²) in [6, 6.07) is 8.02. The van der Waals surface area contributed by atoms with Crippen LogP contribution in [-0.4, -0.2) is 32.2 Å². The van der Waals surface area contributed by atoms with E-state index in [4.69, 9.17) is 0 Å². The van der Waals surface area contributed by atoms with Crippen molar-refractivity contribution in [2.24, 2.45) is 0 Å². The third-order valence-electron chi connectivity index (χ3n) is 4.88. The van der Waals surface area contributed by atoms with E-state index in [2.05, 4.69) is 0 Å². The Labute approximate surface area is 115 Å². The second kappa shape index (κ2) is 6.02. The van der Waals surface area contributed by atoms with Crippen molar-refractivity contribution in [3.63, 3.8) is 0 Å². The fourth-order valence-electron chi connectivity index (χ4n) is 3.78. The average molecular weight is 264 g/mol. The van der Waals surface area contributed by atoms with Gasteiger partial charge in [-0.1, -0.05) is 12.1 Å². The highest BCUT2D eigenvalue weighted by Gasteiger charge is 2.31. The number of hydrogen-bond donors (Lipinski definition) is 2. The number of benzene rings is 1. The highest BCUT2D eigenvalue weighted by Crippen LogP contribution is 2.15. The van der Waals surface area contributed by atoms with Gasteiger partial charge in [-0.05, 0) is 37.8 Å². The van der Waals surface area contributed by atoms with Crippen molar-refractivity contribution in [3.8, 4) is 0 Å². The summed E-state index contributed by atoms with van der Waals surface area (Å²) in [6.07, 6.45) is 5.76. The molecule has 1 saturated carbocycles. The zero-order chi connectivity index (χ0) is 13.1. The molecule has 0 amide bonds. The van der Waals surface area contributed by atoms with Crippen LogP contribution in [0.25, 0.3) is 0 Å². The summed E-state index contributed by atoms with van der Waals surface area (Å²) in [7, 11) is 0. The van der Waals surface area contributed by atoms with E-state index in [0.29, 0.717) is 0 Å². The van der Waals surface area contributed by atoms with Crippen molar-refractivity contribution >= 4 is 0 Å².